The summed E-state index contributed by atoms with van der Waals surface area (Å²) >= 11 is 3.39. The third kappa shape index (κ3) is 3.30. The predicted molar refractivity (Wildman–Crippen MR) is 120 cm³/mol. The monoisotopic (exact) mass is 478 g/mol. The molecule has 6 nitrogen and oxygen atoms in total. The smallest absolute Gasteiger partial charge is 0.266 e. The van der Waals surface area contributed by atoms with Crippen molar-refractivity contribution in [2.75, 3.05) is 17.1 Å². The van der Waals surface area contributed by atoms with Gasteiger partial charge in [-0.25, -0.2) is 9.96 Å². The first-order valence-corrected chi connectivity index (χ1v) is 10.7. The highest BCUT2D eigenvalue weighted by Crippen LogP contribution is 2.47. The van der Waals surface area contributed by atoms with Gasteiger partial charge in [0.05, 0.1) is 24.5 Å². The molecule has 3 aromatic carbocycles. The highest BCUT2D eigenvalue weighted by molar-refractivity contribution is 9.10. The summed E-state index contributed by atoms with van der Waals surface area (Å²) in [5.74, 6) is -0.564. The fourth-order valence-corrected chi connectivity index (χ4v) is 4.46. The number of ether oxygens (including phenoxy) is 1. The lowest BCUT2D eigenvalue weighted by molar-refractivity contribution is -0.126. The topological polar surface area (TPSA) is 59.1 Å². The van der Waals surface area contributed by atoms with E-state index in [1.165, 1.54) is 4.90 Å². The van der Waals surface area contributed by atoms with Gasteiger partial charge in [-0.05, 0) is 54.1 Å². The second-order valence-corrected chi connectivity index (χ2v) is 8.34. The third-order valence-corrected chi connectivity index (χ3v) is 6.20. The molecule has 156 valence electrons. The molecule has 5 rings (SSSR count). The molecule has 0 radical (unpaired) electrons. The summed E-state index contributed by atoms with van der Waals surface area (Å²) in [6, 6.07) is 23.7. The summed E-state index contributed by atoms with van der Waals surface area (Å²) in [6.07, 6.45) is -0.886. The van der Waals surface area contributed by atoms with Crippen LogP contribution in [0.25, 0.3) is 0 Å². The van der Waals surface area contributed by atoms with Crippen molar-refractivity contribution in [3.8, 4) is 5.75 Å². The number of carbonyl (C=O) groups excluding carboxylic acids is 2. The Labute approximate surface area is 188 Å². The van der Waals surface area contributed by atoms with Crippen LogP contribution in [0.5, 0.6) is 5.75 Å². The number of anilines is 2. The molecule has 0 bridgehead atoms. The van der Waals surface area contributed by atoms with Crippen molar-refractivity contribution in [3.63, 3.8) is 0 Å². The first kappa shape index (κ1) is 19.8. The molecule has 0 aliphatic carbocycles. The van der Waals surface area contributed by atoms with Gasteiger partial charge in [0.2, 0.25) is 5.91 Å². The predicted octanol–water partition coefficient (Wildman–Crippen LogP) is 4.51. The Morgan fingerprint density at radius 1 is 0.839 bits per heavy atom. The van der Waals surface area contributed by atoms with Gasteiger partial charge in [-0.1, -0.05) is 46.3 Å². The number of hydroxylamine groups is 1. The Kier molecular flexibility index (Phi) is 5.00. The van der Waals surface area contributed by atoms with Gasteiger partial charge in [-0.3, -0.25) is 14.4 Å². The first-order valence-electron chi connectivity index (χ1n) is 9.87. The van der Waals surface area contributed by atoms with Gasteiger partial charge in [0.15, 0.2) is 6.10 Å². The highest BCUT2D eigenvalue weighted by atomic mass is 79.9. The van der Waals surface area contributed by atoms with E-state index in [0.717, 1.165) is 21.5 Å². The Bertz CT molecular complexity index is 1120. The molecule has 2 fully saturated rings. The van der Waals surface area contributed by atoms with E-state index < -0.39 is 18.1 Å². The van der Waals surface area contributed by atoms with Gasteiger partial charge >= 0.3 is 0 Å². The summed E-state index contributed by atoms with van der Waals surface area (Å²) in [7, 11) is 1.61. The standard InChI is InChI=1S/C24H19BrN2O4/c1-30-19-13-7-15(8-14-19)21-20-22(31-27(21)18-5-3-2-4-6-18)24(29)26(23(20)28)17-11-9-16(25)10-12-17/h2-14,20-22H,1H3/t20-,21-,22+/m1/s1. The van der Waals surface area contributed by atoms with E-state index in [2.05, 4.69) is 15.9 Å². The van der Waals surface area contributed by atoms with Crippen LogP contribution in [0.3, 0.4) is 0 Å². The van der Waals surface area contributed by atoms with Crippen molar-refractivity contribution in [3.05, 3.63) is 88.9 Å². The lowest BCUT2D eigenvalue weighted by Crippen LogP contribution is -2.37. The lowest BCUT2D eigenvalue weighted by Gasteiger charge is -2.28. The zero-order valence-electron chi connectivity index (χ0n) is 16.6. The van der Waals surface area contributed by atoms with Crippen LogP contribution in [0.4, 0.5) is 11.4 Å². The Morgan fingerprint density at radius 3 is 2.16 bits per heavy atom. The Morgan fingerprint density at radius 2 is 1.52 bits per heavy atom. The number of hydrogen-bond donors (Lipinski definition) is 0. The van der Waals surface area contributed by atoms with Crippen LogP contribution < -0.4 is 14.7 Å². The number of hydrogen-bond acceptors (Lipinski definition) is 5. The molecular formula is C24H19BrN2O4. The molecule has 31 heavy (non-hydrogen) atoms. The molecule has 2 saturated heterocycles. The molecule has 7 heteroatoms. The van der Waals surface area contributed by atoms with Crippen LogP contribution in [0, 0.1) is 5.92 Å². The number of imide groups is 1. The van der Waals surface area contributed by atoms with E-state index in [1.54, 1.807) is 24.3 Å². The molecule has 0 spiro atoms. The number of nitrogens with zero attached hydrogens (tertiary/aromatic N) is 2. The average molecular weight is 479 g/mol. The second-order valence-electron chi connectivity index (χ2n) is 7.42. The van der Waals surface area contributed by atoms with Gasteiger partial charge in [-0.2, -0.15) is 0 Å². The second kappa shape index (κ2) is 7.83. The molecule has 0 saturated carbocycles. The molecule has 2 amide bonds. The number of methoxy groups -OCH3 is 1. The number of para-hydroxylation sites is 1. The largest absolute Gasteiger partial charge is 0.497 e. The number of amides is 2. The van der Waals surface area contributed by atoms with Gasteiger partial charge < -0.3 is 4.74 Å². The fourth-order valence-electron chi connectivity index (χ4n) is 4.20. The third-order valence-electron chi connectivity index (χ3n) is 5.67. The van der Waals surface area contributed by atoms with Crippen LogP contribution in [0.15, 0.2) is 83.3 Å². The molecule has 2 heterocycles. The van der Waals surface area contributed by atoms with Gasteiger partial charge in [0.25, 0.3) is 5.91 Å². The summed E-state index contributed by atoms with van der Waals surface area (Å²) < 4.78 is 6.15. The number of halogens is 1. The van der Waals surface area contributed by atoms with Crippen LogP contribution in [-0.2, 0) is 14.4 Å². The van der Waals surface area contributed by atoms with Crippen molar-refractivity contribution in [1.82, 2.24) is 0 Å². The summed E-state index contributed by atoms with van der Waals surface area (Å²) in [6.45, 7) is 0. The molecule has 0 aromatic heterocycles. The number of carbonyl (C=O) groups is 2. The highest BCUT2D eigenvalue weighted by Gasteiger charge is 2.60. The Balaban J connectivity index is 1.57. The number of fused-ring (bicyclic) bond motifs is 1. The van der Waals surface area contributed by atoms with Crippen molar-refractivity contribution in [2.24, 2.45) is 5.92 Å². The van der Waals surface area contributed by atoms with E-state index in [-0.39, 0.29) is 11.8 Å². The minimum absolute atomic E-state index is 0.267. The van der Waals surface area contributed by atoms with Crippen LogP contribution >= 0.6 is 15.9 Å². The van der Waals surface area contributed by atoms with E-state index in [0.29, 0.717) is 5.69 Å². The van der Waals surface area contributed by atoms with Crippen molar-refractivity contribution < 1.29 is 19.2 Å². The van der Waals surface area contributed by atoms with Crippen LogP contribution in [0.2, 0.25) is 0 Å². The SMILES string of the molecule is COc1ccc([C@@H]2[C@H]3C(=O)N(c4ccc(Br)cc4)C(=O)[C@H]3ON2c2ccccc2)cc1. The van der Waals surface area contributed by atoms with E-state index >= 15 is 0 Å². The van der Waals surface area contributed by atoms with E-state index in [9.17, 15) is 9.59 Å². The molecule has 0 unspecified atom stereocenters. The number of benzene rings is 3. The molecular weight excluding hydrogens is 460 g/mol. The first-order chi connectivity index (χ1) is 15.1. The Hall–Kier alpha value is -3.16. The van der Waals surface area contributed by atoms with Crippen molar-refractivity contribution >= 4 is 39.1 Å². The van der Waals surface area contributed by atoms with Crippen molar-refractivity contribution in [1.29, 1.82) is 0 Å². The summed E-state index contributed by atoms with van der Waals surface area (Å²) in [5, 5.41) is 1.69. The molecule has 2 aliphatic heterocycles. The van der Waals surface area contributed by atoms with E-state index in [1.807, 2.05) is 66.7 Å². The van der Waals surface area contributed by atoms with Gasteiger partial charge in [0, 0.05) is 4.47 Å². The molecule has 0 N–H and O–H groups in total. The summed E-state index contributed by atoms with van der Waals surface area (Å²) in [4.78, 5) is 34.2. The average Bonchev–Trinajstić information content (AvgIpc) is 3.31. The number of rotatable bonds is 4. The lowest BCUT2D eigenvalue weighted by atomic mass is 9.90. The van der Waals surface area contributed by atoms with E-state index in [4.69, 9.17) is 9.57 Å². The minimum atomic E-state index is -0.886. The fraction of sp³-hybridized carbons (Fsp3) is 0.167. The quantitative estimate of drug-likeness (QED) is 0.516. The minimum Gasteiger partial charge on any atom is -0.497 e. The van der Waals surface area contributed by atoms with Crippen LogP contribution in [0.1, 0.15) is 11.6 Å². The van der Waals surface area contributed by atoms with Crippen LogP contribution in [-0.4, -0.2) is 25.0 Å². The zero-order chi connectivity index (χ0) is 21.5. The van der Waals surface area contributed by atoms with Gasteiger partial charge in [0.1, 0.15) is 11.7 Å². The van der Waals surface area contributed by atoms with Gasteiger partial charge in [-0.15, -0.1) is 0 Å². The van der Waals surface area contributed by atoms with Crippen molar-refractivity contribution in [2.45, 2.75) is 12.1 Å². The maximum Gasteiger partial charge on any atom is 0.266 e. The summed E-state index contributed by atoms with van der Waals surface area (Å²) in [5.41, 5.74) is 2.19. The maximum atomic E-state index is 13.5. The maximum absolute atomic E-state index is 13.5. The molecule has 3 atom stereocenters. The zero-order valence-corrected chi connectivity index (χ0v) is 18.2. The normalized spacial score (nSPS) is 22.7. The molecule has 2 aliphatic rings. The molecule has 3 aromatic rings.